The molecule has 0 amide bonds. The third-order valence-electron chi connectivity index (χ3n) is 4.86. The fourth-order valence-corrected chi connectivity index (χ4v) is 4.21. The summed E-state index contributed by atoms with van der Waals surface area (Å²) in [5.41, 5.74) is 6.53. The molecule has 0 bridgehead atoms. The van der Waals surface area contributed by atoms with Crippen molar-refractivity contribution in [1.29, 1.82) is 0 Å². The summed E-state index contributed by atoms with van der Waals surface area (Å²) in [5, 5.41) is 0.961. The van der Waals surface area contributed by atoms with E-state index in [4.69, 9.17) is 4.99 Å². The molecule has 144 valence electrons. The molecule has 3 nitrogen and oxygen atoms in total. The van der Waals surface area contributed by atoms with E-state index in [1.165, 1.54) is 16.7 Å². The molecule has 0 saturated carbocycles. The number of ketones is 1. The number of rotatable bonds is 4. The SMILES string of the molecule is Br.Cc1ccc(C(=O)CN(C2=NCCCS2)c2cccc(C)c2C)c(C)c1. The van der Waals surface area contributed by atoms with Gasteiger partial charge in [-0.25, -0.2) is 0 Å². The fourth-order valence-electron chi connectivity index (χ4n) is 3.25. The van der Waals surface area contributed by atoms with Crippen LogP contribution in [0, 0.1) is 27.7 Å². The number of hydrogen-bond donors (Lipinski definition) is 0. The normalized spacial score (nSPS) is 13.6. The maximum Gasteiger partial charge on any atom is 0.182 e. The standard InChI is InChI=1S/C22H26N2OS.BrH/c1-15-9-10-19(17(3)13-15)21(25)14-24(22-23-11-6-12-26-22)20-8-5-7-16(2)18(20)4;/h5,7-10,13H,6,11-12,14H2,1-4H3;1H. The monoisotopic (exact) mass is 446 g/mol. The molecule has 1 aliphatic heterocycles. The van der Waals surface area contributed by atoms with Crippen LogP contribution < -0.4 is 4.90 Å². The number of nitrogens with zero attached hydrogens (tertiary/aromatic N) is 2. The van der Waals surface area contributed by atoms with Gasteiger partial charge in [0.15, 0.2) is 11.0 Å². The predicted molar refractivity (Wildman–Crippen MR) is 123 cm³/mol. The summed E-state index contributed by atoms with van der Waals surface area (Å²) in [6, 6.07) is 12.3. The highest BCUT2D eigenvalue weighted by Crippen LogP contribution is 2.28. The maximum atomic E-state index is 13.1. The predicted octanol–water partition coefficient (Wildman–Crippen LogP) is 5.68. The smallest absolute Gasteiger partial charge is 0.182 e. The van der Waals surface area contributed by atoms with Crippen molar-refractivity contribution in [3.63, 3.8) is 0 Å². The first-order valence-corrected chi connectivity index (χ1v) is 10.1. The van der Waals surface area contributed by atoms with Gasteiger partial charge in [-0.05, 0) is 56.9 Å². The number of benzene rings is 2. The lowest BCUT2D eigenvalue weighted by Gasteiger charge is -2.29. The van der Waals surface area contributed by atoms with Crippen molar-refractivity contribution < 1.29 is 4.79 Å². The molecule has 2 aromatic rings. The minimum Gasteiger partial charge on any atom is -0.313 e. The number of amidine groups is 1. The van der Waals surface area contributed by atoms with E-state index < -0.39 is 0 Å². The molecule has 5 heteroatoms. The van der Waals surface area contributed by atoms with Gasteiger partial charge in [-0.1, -0.05) is 47.7 Å². The van der Waals surface area contributed by atoms with E-state index >= 15 is 0 Å². The lowest BCUT2D eigenvalue weighted by molar-refractivity contribution is 0.100. The van der Waals surface area contributed by atoms with Crippen LogP contribution >= 0.6 is 28.7 Å². The van der Waals surface area contributed by atoms with Crippen LogP contribution in [-0.2, 0) is 0 Å². The van der Waals surface area contributed by atoms with Gasteiger partial charge in [0.05, 0.1) is 6.54 Å². The molecule has 0 saturated heterocycles. The average Bonchev–Trinajstić information content (AvgIpc) is 2.63. The van der Waals surface area contributed by atoms with Crippen molar-refractivity contribution in [2.45, 2.75) is 34.1 Å². The zero-order chi connectivity index (χ0) is 18.7. The highest BCUT2D eigenvalue weighted by Gasteiger charge is 2.23. The highest BCUT2D eigenvalue weighted by atomic mass is 79.9. The number of thioether (sulfide) groups is 1. The second kappa shape index (κ2) is 9.56. The molecular formula is C22H27BrN2OS. The van der Waals surface area contributed by atoms with Crippen molar-refractivity contribution in [1.82, 2.24) is 0 Å². The summed E-state index contributed by atoms with van der Waals surface area (Å²) in [5.74, 6) is 1.19. The topological polar surface area (TPSA) is 32.7 Å². The zero-order valence-corrected chi connectivity index (χ0v) is 18.9. The van der Waals surface area contributed by atoms with Crippen LogP contribution in [0.4, 0.5) is 5.69 Å². The molecule has 0 spiro atoms. The van der Waals surface area contributed by atoms with Crippen LogP contribution in [0.3, 0.4) is 0 Å². The first-order chi connectivity index (χ1) is 12.5. The van der Waals surface area contributed by atoms with Gasteiger partial charge in [0.25, 0.3) is 0 Å². The highest BCUT2D eigenvalue weighted by molar-refractivity contribution is 8.93. The number of hydrogen-bond acceptors (Lipinski definition) is 4. The molecule has 0 aromatic heterocycles. The molecular weight excluding hydrogens is 420 g/mol. The molecule has 0 N–H and O–H groups in total. The molecule has 0 fully saturated rings. The minimum atomic E-state index is 0. The first-order valence-electron chi connectivity index (χ1n) is 9.09. The van der Waals surface area contributed by atoms with Crippen molar-refractivity contribution in [2.75, 3.05) is 23.7 Å². The summed E-state index contributed by atoms with van der Waals surface area (Å²) in [6.45, 7) is 9.44. The van der Waals surface area contributed by atoms with Crippen molar-refractivity contribution in [3.8, 4) is 0 Å². The fraction of sp³-hybridized carbons (Fsp3) is 0.364. The maximum absolute atomic E-state index is 13.1. The van der Waals surface area contributed by atoms with E-state index in [0.717, 1.165) is 40.7 Å². The minimum absolute atomic E-state index is 0. The lowest BCUT2D eigenvalue weighted by Crippen LogP contribution is -2.36. The van der Waals surface area contributed by atoms with Crippen LogP contribution in [-0.4, -0.2) is 29.8 Å². The number of aryl methyl sites for hydroxylation is 3. The van der Waals surface area contributed by atoms with Gasteiger partial charge in [-0.3, -0.25) is 9.79 Å². The largest absolute Gasteiger partial charge is 0.313 e. The molecule has 0 atom stereocenters. The van der Waals surface area contributed by atoms with Gasteiger partial charge < -0.3 is 4.90 Å². The number of carbonyl (C=O) groups is 1. The van der Waals surface area contributed by atoms with Crippen LogP contribution in [0.25, 0.3) is 0 Å². The third kappa shape index (κ3) is 5.02. The number of anilines is 1. The third-order valence-corrected chi connectivity index (χ3v) is 5.96. The Balaban J connectivity index is 0.00000261. The molecule has 27 heavy (non-hydrogen) atoms. The van der Waals surface area contributed by atoms with Gasteiger partial charge in [0, 0.05) is 23.5 Å². The van der Waals surface area contributed by atoms with Crippen molar-refractivity contribution in [3.05, 3.63) is 64.2 Å². The summed E-state index contributed by atoms with van der Waals surface area (Å²) < 4.78 is 0. The summed E-state index contributed by atoms with van der Waals surface area (Å²) >= 11 is 1.75. The van der Waals surface area contributed by atoms with Crippen LogP contribution in [0.5, 0.6) is 0 Å². The van der Waals surface area contributed by atoms with E-state index in [1.807, 2.05) is 19.1 Å². The first kappa shape index (κ1) is 21.7. The lowest BCUT2D eigenvalue weighted by atomic mass is 10.0. The summed E-state index contributed by atoms with van der Waals surface area (Å²) in [4.78, 5) is 19.9. The van der Waals surface area contributed by atoms with E-state index in [-0.39, 0.29) is 22.8 Å². The molecule has 1 aliphatic rings. The van der Waals surface area contributed by atoms with Crippen molar-refractivity contribution in [2.24, 2.45) is 4.99 Å². The number of aliphatic imine (C=N–C) groups is 1. The molecule has 0 radical (unpaired) electrons. The molecule has 3 rings (SSSR count). The molecule has 0 unspecified atom stereocenters. The van der Waals surface area contributed by atoms with Gasteiger partial charge in [-0.2, -0.15) is 0 Å². The van der Waals surface area contributed by atoms with Crippen LogP contribution in [0.2, 0.25) is 0 Å². The Bertz CT molecular complexity index is 863. The number of halogens is 1. The van der Waals surface area contributed by atoms with Gasteiger partial charge in [-0.15, -0.1) is 17.0 Å². The van der Waals surface area contributed by atoms with E-state index in [1.54, 1.807) is 11.8 Å². The van der Waals surface area contributed by atoms with Gasteiger partial charge in [0.2, 0.25) is 0 Å². The summed E-state index contributed by atoms with van der Waals surface area (Å²) in [7, 11) is 0. The second-order valence-corrected chi connectivity index (χ2v) is 7.98. The summed E-state index contributed by atoms with van der Waals surface area (Å²) in [6.07, 6.45) is 1.10. The van der Waals surface area contributed by atoms with E-state index in [9.17, 15) is 4.79 Å². The van der Waals surface area contributed by atoms with Crippen molar-refractivity contribution >= 4 is 45.4 Å². The average molecular weight is 447 g/mol. The Morgan fingerprint density at radius 1 is 1.11 bits per heavy atom. The Labute approximate surface area is 177 Å². The van der Waals surface area contributed by atoms with Gasteiger partial charge in [0.1, 0.15) is 0 Å². The quantitative estimate of drug-likeness (QED) is 0.566. The van der Waals surface area contributed by atoms with E-state index in [2.05, 4.69) is 49.9 Å². The van der Waals surface area contributed by atoms with E-state index in [0.29, 0.717) is 6.54 Å². The van der Waals surface area contributed by atoms with Gasteiger partial charge >= 0.3 is 0 Å². The zero-order valence-electron chi connectivity index (χ0n) is 16.4. The Kier molecular flexibility index (Phi) is 7.68. The van der Waals surface area contributed by atoms with Crippen LogP contribution in [0.1, 0.15) is 39.0 Å². The second-order valence-electron chi connectivity index (χ2n) is 6.91. The number of Topliss-reactive ketones (excluding diaryl/α,β-unsaturated/α-hetero) is 1. The molecule has 2 aromatic carbocycles. The number of carbonyl (C=O) groups excluding carboxylic acids is 1. The Morgan fingerprint density at radius 2 is 1.89 bits per heavy atom. The Morgan fingerprint density at radius 3 is 2.56 bits per heavy atom. The molecule has 0 aliphatic carbocycles. The van der Waals surface area contributed by atoms with Crippen LogP contribution in [0.15, 0.2) is 41.4 Å². The Hall–Kier alpha value is -1.59. The molecule has 1 heterocycles.